The highest BCUT2D eigenvalue weighted by molar-refractivity contribution is 6.08. The van der Waals surface area contributed by atoms with Crippen LogP contribution in [0, 0.1) is 5.82 Å². The Kier molecular flexibility index (Phi) is 4.63. The van der Waals surface area contributed by atoms with Crippen molar-refractivity contribution in [3.05, 3.63) is 102 Å². The zero-order valence-corrected chi connectivity index (χ0v) is 18.4. The van der Waals surface area contributed by atoms with E-state index in [1.807, 2.05) is 42.5 Å². The zero-order chi connectivity index (χ0) is 24.2. The number of amides is 4. The van der Waals surface area contributed by atoms with Crippen molar-refractivity contribution in [2.45, 2.75) is 12.1 Å². The van der Waals surface area contributed by atoms with E-state index in [1.54, 1.807) is 24.4 Å². The fourth-order valence-electron chi connectivity index (χ4n) is 4.92. The van der Waals surface area contributed by atoms with Gasteiger partial charge in [-0.15, -0.1) is 0 Å². The number of halogens is 1. The van der Waals surface area contributed by atoms with E-state index in [0.717, 1.165) is 22.0 Å². The molecular formula is C27H19FN4O3. The summed E-state index contributed by atoms with van der Waals surface area (Å²) in [5.74, 6) is -1.43. The molecule has 0 spiro atoms. The lowest BCUT2D eigenvalue weighted by atomic mass is 9.87. The van der Waals surface area contributed by atoms with Crippen molar-refractivity contribution in [3.63, 3.8) is 0 Å². The molecule has 0 saturated carbocycles. The Bertz CT molecular complexity index is 1530. The van der Waals surface area contributed by atoms with Crippen LogP contribution in [0.4, 0.5) is 9.18 Å². The molecule has 2 aliphatic heterocycles. The van der Waals surface area contributed by atoms with E-state index < -0.39 is 23.3 Å². The number of rotatable bonds is 4. The van der Waals surface area contributed by atoms with E-state index >= 15 is 0 Å². The highest BCUT2D eigenvalue weighted by atomic mass is 19.1. The first-order valence-corrected chi connectivity index (χ1v) is 11.1. The average Bonchev–Trinajstić information content (AvgIpc) is 3.33. The van der Waals surface area contributed by atoms with Gasteiger partial charge in [-0.05, 0) is 34.9 Å². The van der Waals surface area contributed by atoms with Gasteiger partial charge >= 0.3 is 6.03 Å². The molecule has 2 aliphatic rings. The van der Waals surface area contributed by atoms with Crippen LogP contribution in [0.1, 0.15) is 21.5 Å². The number of imide groups is 1. The second-order valence-corrected chi connectivity index (χ2v) is 8.73. The molecule has 35 heavy (non-hydrogen) atoms. The van der Waals surface area contributed by atoms with Crippen LogP contribution < -0.4 is 10.6 Å². The minimum Gasteiger partial charge on any atom is -0.331 e. The molecule has 8 heteroatoms. The van der Waals surface area contributed by atoms with Crippen molar-refractivity contribution in [2.24, 2.45) is 0 Å². The van der Waals surface area contributed by atoms with Gasteiger partial charge in [-0.3, -0.25) is 19.9 Å². The van der Waals surface area contributed by atoms with Gasteiger partial charge in [0, 0.05) is 29.3 Å². The highest BCUT2D eigenvalue weighted by Gasteiger charge is 2.50. The van der Waals surface area contributed by atoms with Crippen LogP contribution in [0.2, 0.25) is 0 Å². The van der Waals surface area contributed by atoms with Crippen molar-refractivity contribution < 1.29 is 18.8 Å². The fraction of sp³-hybridized carbons (Fsp3) is 0.111. The molecule has 1 saturated heterocycles. The summed E-state index contributed by atoms with van der Waals surface area (Å²) >= 11 is 0. The lowest BCUT2D eigenvalue weighted by Gasteiger charge is -2.31. The Morgan fingerprint density at radius 3 is 2.51 bits per heavy atom. The Hall–Kier alpha value is -4.59. The van der Waals surface area contributed by atoms with E-state index in [0.29, 0.717) is 11.1 Å². The quantitative estimate of drug-likeness (QED) is 0.449. The van der Waals surface area contributed by atoms with Crippen molar-refractivity contribution in [2.75, 3.05) is 6.54 Å². The highest BCUT2D eigenvalue weighted by Crippen LogP contribution is 2.33. The molecule has 0 bridgehead atoms. The molecule has 0 aliphatic carbocycles. The Morgan fingerprint density at radius 2 is 1.74 bits per heavy atom. The van der Waals surface area contributed by atoms with Crippen molar-refractivity contribution >= 4 is 28.7 Å². The average molecular weight is 466 g/mol. The van der Waals surface area contributed by atoms with Gasteiger partial charge in [-0.2, -0.15) is 0 Å². The van der Waals surface area contributed by atoms with Crippen molar-refractivity contribution in [1.82, 2.24) is 20.5 Å². The monoisotopic (exact) mass is 466 g/mol. The predicted molar refractivity (Wildman–Crippen MR) is 127 cm³/mol. The van der Waals surface area contributed by atoms with Crippen LogP contribution >= 0.6 is 0 Å². The predicted octanol–water partition coefficient (Wildman–Crippen LogP) is 3.73. The first kappa shape index (κ1) is 21.0. The number of nitrogens with one attached hydrogen (secondary N) is 2. The molecule has 4 amide bonds. The Balaban J connectivity index is 1.37. The number of para-hydroxylation sites is 1. The Morgan fingerprint density at radius 1 is 0.943 bits per heavy atom. The minimum atomic E-state index is -1.47. The molecule has 2 N–H and O–H groups in total. The third-order valence-electron chi connectivity index (χ3n) is 6.64. The van der Waals surface area contributed by atoms with Gasteiger partial charge < -0.3 is 10.2 Å². The number of nitrogens with zero attached hydrogens (tertiary/aromatic N) is 2. The lowest BCUT2D eigenvalue weighted by molar-refractivity contribution is -0.124. The third-order valence-corrected chi connectivity index (χ3v) is 6.64. The maximum absolute atomic E-state index is 13.7. The second-order valence-electron chi connectivity index (χ2n) is 8.73. The van der Waals surface area contributed by atoms with E-state index in [2.05, 4.69) is 15.6 Å². The number of carbonyl (C=O) groups is 3. The third kappa shape index (κ3) is 3.33. The summed E-state index contributed by atoms with van der Waals surface area (Å²) in [6.07, 6.45) is 1.74. The van der Waals surface area contributed by atoms with Crippen molar-refractivity contribution in [1.29, 1.82) is 0 Å². The number of fused-ring (bicyclic) bond motifs is 2. The maximum Gasteiger partial charge on any atom is 0.322 e. The standard InChI is InChI=1S/C27H19FN4O3/c28-20-11-8-18-14-32(24(33)22(18)13-20)15-27(25(34)30-26(35)31-27)19-9-6-16(7-10-19)21-5-1-3-17-4-2-12-29-23(17)21/h1-13H,14-15H2,(H2,30,31,34,35)/t27-/m0/s1. The van der Waals surface area contributed by atoms with Crippen molar-refractivity contribution in [3.8, 4) is 11.1 Å². The van der Waals surface area contributed by atoms with E-state index in [4.69, 9.17) is 0 Å². The van der Waals surface area contributed by atoms with Crippen LogP contribution in [0.3, 0.4) is 0 Å². The molecule has 3 aromatic carbocycles. The van der Waals surface area contributed by atoms with Crippen LogP contribution in [-0.2, 0) is 16.9 Å². The number of hydrogen-bond donors (Lipinski definition) is 2. The van der Waals surface area contributed by atoms with Crippen LogP contribution in [0.25, 0.3) is 22.0 Å². The summed E-state index contributed by atoms with van der Waals surface area (Å²) in [4.78, 5) is 44.2. The summed E-state index contributed by atoms with van der Waals surface area (Å²) in [7, 11) is 0. The maximum atomic E-state index is 13.7. The summed E-state index contributed by atoms with van der Waals surface area (Å²) in [5, 5.41) is 6.04. The first-order valence-electron chi connectivity index (χ1n) is 11.1. The zero-order valence-electron chi connectivity index (χ0n) is 18.4. The topological polar surface area (TPSA) is 91.4 Å². The van der Waals surface area contributed by atoms with Gasteiger partial charge in [-0.25, -0.2) is 9.18 Å². The van der Waals surface area contributed by atoms with Gasteiger partial charge in [0.05, 0.1) is 12.1 Å². The SMILES string of the molecule is O=C1NC(=O)[C@](CN2Cc3ccc(F)cc3C2=O)(c2ccc(-c3cccc4cccnc34)cc2)N1. The number of hydrogen-bond acceptors (Lipinski definition) is 4. The van der Waals surface area contributed by atoms with Gasteiger partial charge in [0.25, 0.3) is 11.8 Å². The summed E-state index contributed by atoms with van der Waals surface area (Å²) < 4.78 is 13.7. The normalized spacial score (nSPS) is 19.1. The molecule has 7 nitrogen and oxygen atoms in total. The van der Waals surface area contributed by atoms with E-state index in [9.17, 15) is 18.8 Å². The largest absolute Gasteiger partial charge is 0.331 e. The van der Waals surface area contributed by atoms with Gasteiger partial charge in [-0.1, -0.05) is 54.6 Å². The van der Waals surface area contributed by atoms with Crippen LogP contribution in [0.5, 0.6) is 0 Å². The molecule has 0 radical (unpaired) electrons. The number of carbonyl (C=O) groups excluding carboxylic acids is 3. The number of pyridine rings is 1. The summed E-state index contributed by atoms with van der Waals surface area (Å²) in [5.41, 5.74) is 2.71. The van der Waals surface area contributed by atoms with Gasteiger partial charge in [0.15, 0.2) is 5.54 Å². The molecule has 172 valence electrons. The molecule has 1 aromatic heterocycles. The molecular weight excluding hydrogens is 447 g/mol. The van der Waals surface area contributed by atoms with Gasteiger partial charge in [0.1, 0.15) is 5.82 Å². The minimum absolute atomic E-state index is 0.0884. The van der Waals surface area contributed by atoms with E-state index in [-0.39, 0.29) is 24.6 Å². The molecule has 0 unspecified atom stereocenters. The molecule has 3 heterocycles. The molecule has 1 fully saturated rings. The molecule has 6 rings (SSSR count). The smallest absolute Gasteiger partial charge is 0.322 e. The Labute approximate surface area is 199 Å². The summed E-state index contributed by atoms with van der Waals surface area (Å²) in [6.45, 7) is 0.133. The summed E-state index contributed by atoms with van der Waals surface area (Å²) in [6, 6.07) is 20.5. The molecule has 1 atom stereocenters. The van der Waals surface area contributed by atoms with E-state index in [1.165, 1.54) is 17.0 Å². The first-order chi connectivity index (χ1) is 16.9. The second kappa shape index (κ2) is 7.73. The number of urea groups is 1. The lowest BCUT2D eigenvalue weighted by Crippen LogP contribution is -2.52. The van der Waals surface area contributed by atoms with Gasteiger partial charge in [0.2, 0.25) is 0 Å². The van der Waals surface area contributed by atoms with Crippen LogP contribution in [0.15, 0.2) is 79.0 Å². The number of aromatic nitrogens is 1. The number of benzene rings is 3. The van der Waals surface area contributed by atoms with Crippen LogP contribution in [-0.4, -0.2) is 34.3 Å². The molecule has 4 aromatic rings. The fourth-order valence-corrected chi connectivity index (χ4v) is 4.92.